The highest BCUT2D eigenvalue weighted by atomic mass is 16.1. The first kappa shape index (κ1) is 12.6. The number of benzene rings is 1. The van der Waals surface area contributed by atoms with Crippen LogP contribution in [0.5, 0.6) is 0 Å². The van der Waals surface area contributed by atoms with E-state index in [1.165, 1.54) is 16.7 Å². The molecule has 1 aromatic rings. The molecule has 0 spiro atoms. The zero-order valence-corrected chi connectivity index (χ0v) is 11.4. The predicted molar refractivity (Wildman–Crippen MR) is 75.6 cm³/mol. The molecular formula is C16H19NO. The number of nitrogens with two attached hydrogens (primary N) is 1. The van der Waals surface area contributed by atoms with Gasteiger partial charge in [0, 0.05) is 0 Å². The maximum atomic E-state index is 11.8. The van der Waals surface area contributed by atoms with Crippen molar-refractivity contribution in [2.24, 2.45) is 5.73 Å². The molecule has 18 heavy (non-hydrogen) atoms. The van der Waals surface area contributed by atoms with Crippen molar-refractivity contribution >= 4 is 11.5 Å². The molecule has 2 rings (SSSR count). The lowest BCUT2D eigenvalue weighted by Crippen LogP contribution is -2.18. The Labute approximate surface area is 108 Å². The first-order valence-corrected chi connectivity index (χ1v) is 6.21. The van der Waals surface area contributed by atoms with Crippen molar-refractivity contribution in [2.75, 3.05) is 0 Å². The van der Waals surface area contributed by atoms with Gasteiger partial charge in [-0.05, 0) is 67.5 Å². The molecule has 0 saturated heterocycles. The number of hydrogen-bond acceptors (Lipinski definition) is 1. The van der Waals surface area contributed by atoms with Crippen LogP contribution in [0.2, 0.25) is 0 Å². The van der Waals surface area contributed by atoms with Gasteiger partial charge in [-0.3, -0.25) is 4.79 Å². The van der Waals surface area contributed by atoms with Crippen LogP contribution in [0, 0.1) is 27.7 Å². The highest BCUT2D eigenvalue weighted by Gasteiger charge is 2.21. The highest BCUT2D eigenvalue weighted by molar-refractivity contribution is 6.01. The maximum absolute atomic E-state index is 11.8. The molecule has 0 saturated carbocycles. The van der Waals surface area contributed by atoms with E-state index in [1.54, 1.807) is 0 Å². The number of rotatable bonds is 2. The number of carbonyl (C=O) groups is 1. The molecule has 0 heterocycles. The van der Waals surface area contributed by atoms with Crippen molar-refractivity contribution in [1.29, 1.82) is 0 Å². The van der Waals surface area contributed by atoms with E-state index in [-0.39, 0.29) is 5.91 Å². The summed E-state index contributed by atoms with van der Waals surface area (Å²) >= 11 is 0. The number of primary amides is 1. The van der Waals surface area contributed by atoms with Gasteiger partial charge in [-0.15, -0.1) is 0 Å². The second-order valence-corrected chi connectivity index (χ2v) is 4.94. The van der Waals surface area contributed by atoms with Gasteiger partial charge in [-0.2, -0.15) is 0 Å². The van der Waals surface area contributed by atoms with Crippen molar-refractivity contribution in [3.05, 3.63) is 51.6 Å². The zero-order chi connectivity index (χ0) is 13.4. The van der Waals surface area contributed by atoms with Crippen LogP contribution in [0.25, 0.3) is 5.57 Å². The van der Waals surface area contributed by atoms with E-state index in [9.17, 15) is 4.79 Å². The average molecular weight is 241 g/mol. The summed E-state index contributed by atoms with van der Waals surface area (Å²) < 4.78 is 0. The van der Waals surface area contributed by atoms with Gasteiger partial charge in [0.2, 0.25) is 5.91 Å². The Morgan fingerprint density at radius 3 is 2.17 bits per heavy atom. The Balaban J connectivity index is 2.81. The summed E-state index contributed by atoms with van der Waals surface area (Å²) in [6.07, 6.45) is 7.08. The van der Waals surface area contributed by atoms with Crippen LogP contribution in [-0.4, -0.2) is 5.91 Å². The number of allylic oxidation sites excluding steroid dienone is 4. The van der Waals surface area contributed by atoms with Gasteiger partial charge in [0.15, 0.2) is 0 Å². The van der Waals surface area contributed by atoms with Crippen LogP contribution < -0.4 is 5.73 Å². The number of carbonyl (C=O) groups excluding carboxylic acids is 1. The minimum atomic E-state index is -0.332. The first-order valence-electron chi connectivity index (χ1n) is 6.21. The maximum Gasteiger partial charge on any atom is 0.249 e. The van der Waals surface area contributed by atoms with Crippen LogP contribution in [0.3, 0.4) is 0 Å². The lowest BCUT2D eigenvalue weighted by Gasteiger charge is -2.19. The molecule has 1 aliphatic carbocycles. The third kappa shape index (κ3) is 1.78. The summed E-state index contributed by atoms with van der Waals surface area (Å²) in [4.78, 5) is 11.8. The van der Waals surface area contributed by atoms with Gasteiger partial charge in [0.05, 0.1) is 5.56 Å². The SMILES string of the molecule is Cc1c(C)c(C)c(C2=CC=CC2)c(C(N)=O)c1C. The third-order valence-corrected chi connectivity index (χ3v) is 4.03. The minimum Gasteiger partial charge on any atom is -0.366 e. The molecular weight excluding hydrogens is 222 g/mol. The van der Waals surface area contributed by atoms with Gasteiger partial charge in [-0.25, -0.2) is 0 Å². The van der Waals surface area contributed by atoms with Gasteiger partial charge < -0.3 is 5.73 Å². The topological polar surface area (TPSA) is 43.1 Å². The summed E-state index contributed by atoms with van der Waals surface area (Å²) in [7, 11) is 0. The fraction of sp³-hybridized carbons (Fsp3) is 0.312. The van der Waals surface area contributed by atoms with Gasteiger partial charge in [0.25, 0.3) is 0 Å². The Hall–Kier alpha value is -1.83. The molecule has 0 aliphatic heterocycles. The zero-order valence-electron chi connectivity index (χ0n) is 11.4. The van der Waals surface area contributed by atoms with E-state index in [2.05, 4.69) is 32.9 Å². The second-order valence-electron chi connectivity index (χ2n) is 4.94. The van der Waals surface area contributed by atoms with Crippen LogP contribution in [0.4, 0.5) is 0 Å². The van der Waals surface area contributed by atoms with E-state index >= 15 is 0 Å². The van der Waals surface area contributed by atoms with Gasteiger partial charge in [0.1, 0.15) is 0 Å². The Bertz CT molecular complexity index is 592. The first-order chi connectivity index (χ1) is 8.45. The fourth-order valence-corrected chi connectivity index (χ4v) is 2.65. The molecule has 2 N–H and O–H groups in total. The predicted octanol–water partition coefficient (Wildman–Crippen LogP) is 3.36. The van der Waals surface area contributed by atoms with Crippen molar-refractivity contribution < 1.29 is 4.79 Å². The van der Waals surface area contributed by atoms with Gasteiger partial charge >= 0.3 is 0 Å². The molecule has 0 atom stereocenters. The Morgan fingerprint density at radius 2 is 1.67 bits per heavy atom. The van der Waals surface area contributed by atoms with Crippen LogP contribution in [0.1, 0.15) is 44.6 Å². The lowest BCUT2D eigenvalue weighted by atomic mass is 9.85. The Morgan fingerprint density at radius 1 is 1.06 bits per heavy atom. The normalized spacial score (nSPS) is 13.9. The second kappa shape index (κ2) is 4.45. The summed E-state index contributed by atoms with van der Waals surface area (Å²) in [5.41, 5.74) is 13.1. The molecule has 1 amide bonds. The summed E-state index contributed by atoms with van der Waals surface area (Å²) in [6.45, 7) is 8.21. The standard InChI is InChI=1S/C16H19NO/c1-9-10(2)12(4)15(16(17)18)14(11(9)3)13-7-5-6-8-13/h5-7H,8H2,1-4H3,(H2,17,18). The van der Waals surface area contributed by atoms with Crippen LogP contribution in [0.15, 0.2) is 18.2 Å². The molecule has 0 fully saturated rings. The lowest BCUT2D eigenvalue weighted by molar-refractivity contribution is 0.0999. The largest absolute Gasteiger partial charge is 0.366 e. The smallest absolute Gasteiger partial charge is 0.249 e. The molecule has 2 heteroatoms. The average Bonchev–Trinajstić information content (AvgIpc) is 2.83. The number of amides is 1. The van der Waals surface area contributed by atoms with Crippen LogP contribution in [-0.2, 0) is 0 Å². The van der Waals surface area contributed by atoms with Crippen molar-refractivity contribution in [2.45, 2.75) is 34.1 Å². The molecule has 0 aromatic heterocycles. The summed E-state index contributed by atoms with van der Waals surface area (Å²) in [6, 6.07) is 0. The number of hydrogen-bond donors (Lipinski definition) is 1. The molecule has 0 bridgehead atoms. The molecule has 1 aromatic carbocycles. The quantitative estimate of drug-likeness (QED) is 0.847. The monoisotopic (exact) mass is 241 g/mol. The third-order valence-electron chi connectivity index (χ3n) is 4.03. The van der Waals surface area contributed by atoms with Crippen LogP contribution >= 0.6 is 0 Å². The van der Waals surface area contributed by atoms with E-state index in [0.717, 1.165) is 23.1 Å². The van der Waals surface area contributed by atoms with Gasteiger partial charge in [-0.1, -0.05) is 18.2 Å². The van der Waals surface area contributed by atoms with Crippen molar-refractivity contribution in [3.8, 4) is 0 Å². The summed E-state index contributed by atoms with van der Waals surface area (Å²) in [5, 5.41) is 0. The molecule has 0 unspecified atom stereocenters. The molecule has 94 valence electrons. The highest BCUT2D eigenvalue weighted by Crippen LogP contribution is 2.34. The van der Waals surface area contributed by atoms with E-state index in [0.29, 0.717) is 5.56 Å². The van der Waals surface area contributed by atoms with E-state index in [1.807, 2.05) is 13.0 Å². The fourth-order valence-electron chi connectivity index (χ4n) is 2.65. The molecule has 0 radical (unpaired) electrons. The summed E-state index contributed by atoms with van der Waals surface area (Å²) in [5.74, 6) is -0.332. The molecule has 1 aliphatic rings. The van der Waals surface area contributed by atoms with Crippen molar-refractivity contribution in [3.63, 3.8) is 0 Å². The van der Waals surface area contributed by atoms with Crippen molar-refractivity contribution in [1.82, 2.24) is 0 Å². The molecule has 2 nitrogen and oxygen atoms in total. The Kier molecular flexibility index (Phi) is 3.12. The van der Waals surface area contributed by atoms with E-state index < -0.39 is 0 Å². The minimum absolute atomic E-state index is 0.332. The van der Waals surface area contributed by atoms with E-state index in [4.69, 9.17) is 5.73 Å².